The molecule has 0 aliphatic heterocycles. The summed E-state index contributed by atoms with van der Waals surface area (Å²) in [4.78, 5) is 10.6. The number of aliphatic hydroxyl groups is 1. The second-order valence-electron chi connectivity index (χ2n) is 5.93. The van der Waals surface area contributed by atoms with Gasteiger partial charge in [0.25, 0.3) is 0 Å². The van der Waals surface area contributed by atoms with Gasteiger partial charge < -0.3 is 10.0 Å². The minimum absolute atomic E-state index is 0.308. The molecule has 1 aromatic carbocycles. The summed E-state index contributed by atoms with van der Waals surface area (Å²) in [6.07, 6.45) is 2.81. The van der Waals surface area contributed by atoms with Gasteiger partial charge in [-0.3, -0.25) is 0 Å². The van der Waals surface area contributed by atoms with Gasteiger partial charge in [0.2, 0.25) is 5.95 Å². The van der Waals surface area contributed by atoms with Crippen LogP contribution in [-0.2, 0) is 0 Å². The molecule has 2 rings (SSSR count). The maximum atomic E-state index is 13.0. The van der Waals surface area contributed by atoms with Crippen molar-refractivity contribution in [1.82, 2.24) is 9.97 Å². The number of rotatable bonds is 6. The molecule has 1 aromatic heterocycles. The Morgan fingerprint density at radius 3 is 2.23 bits per heavy atom. The predicted octanol–water partition coefficient (Wildman–Crippen LogP) is 3.12. The van der Waals surface area contributed by atoms with E-state index in [4.69, 9.17) is 0 Å². The lowest BCUT2D eigenvalue weighted by atomic mass is 10.1. The molecule has 1 unspecified atom stereocenters. The minimum Gasteiger partial charge on any atom is -0.387 e. The van der Waals surface area contributed by atoms with Crippen LogP contribution in [-0.4, -0.2) is 28.2 Å². The molecule has 22 heavy (non-hydrogen) atoms. The van der Waals surface area contributed by atoms with Gasteiger partial charge in [0, 0.05) is 18.9 Å². The smallest absolute Gasteiger partial charge is 0.225 e. The number of anilines is 1. The third kappa shape index (κ3) is 4.49. The maximum Gasteiger partial charge on any atom is 0.225 e. The number of aliphatic hydroxyl groups excluding tert-OH is 1. The summed E-state index contributed by atoms with van der Waals surface area (Å²) >= 11 is 0. The summed E-state index contributed by atoms with van der Waals surface area (Å²) in [6.45, 7) is 7.25. The molecule has 0 radical (unpaired) electrons. The first-order valence-corrected chi connectivity index (χ1v) is 7.43. The summed E-state index contributed by atoms with van der Waals surface area (Å²) in [5, 5.41) is 10.4. The first-order chi connectivity index (χ1) is 10.5. The molecule has 0 amide bonds. The van der Waals surface area contributed by atoms with Crippen molar-refractivity contribution in [1.29, 1.82) is 0 Å². The lowest BCUT2D eigenvalue weighted by Gasteiger charge is -2.27. The molecule has 4 nitrogen and oxygen atoms in total. The van der Waals surface area contributed by atoms with Gasteiger partial charge in [0.05, 0.1) is 12.6 Å². The lowest BCUT2D eigenvalue weighted by molar-refractivity contribution is 0.182. The van der Waals surface area contributed by atoms with Crippen molar-refractivity contribution in [2.45, 2.75) is 26.9 Å². The quantitative estimate of drug-likeness (QED) is 0.891. The lowest BCUT2D eigenvalue weighted by Crippen LogP contribution is -2.33. The summed E-state index contributed by atoms with van der Waals surface area (Å²) in [5.41, 5.74) is 1.68. The minimum atomic E-state index is -0.718. The van der Waals surface area contributed by atoms with Crippen molar-refractivity contribution in [2.75, 3.05) is 18.0 Å². The van der Waals surface area contributed by atoms with E-state index in [0.717, 1.165) is 12.1 Å². The zero-order valence-electron chi connectivity index (χ0n) is 13.2. The molecule has 1 atom stereocenters. The number of aromatic nitrogens is 2. The summed E-state index contributed by atoms with van der Waals surface area (Å²) < 4.78 is 13.0. The molecular formula is C17H22FN3O. The van der Waals surface area contributed by atoms with Gasteiger partial charge in [-0.15, -0.1) is 0 Å². The Hall–Kier alpha value is -2.01. The van der Waals surface area contributed by atoms with Crippen LogP contribution in [0, 0.1) is 18.7 Å². The molecule has 0 spiro atoms. The van der Waals surface area contributed by atoms with Gasteiger partial charge in [-0.25, -0.2) is 14.4 Å². The summed E-state index contributed by atoms with van der Waals surface area (Å²) in [7, 11) is 0. The van der Waals surface area contributed by atoms with Crippen molar-refractivity contribution in [3.05, 3.63) is 53.6 Å². The Bertz CT molecular complexity index is 584. The van der Waals surface area contributed by atoms with E-state index in [-0.39, 0.29) is 5.82 Å². The van der Waals surface area contributed by atoms with Gasteiger partial charge in [-0.2, -0.15) is 0 Å². The van der Waals surface area contributed by atoms with Crippen LogP contribution < -0.4 is 4.90 Å². The highest BCUT2D eigenvalue weighted by atomic mass is 19.1. The second kappa shape index (κ2) is 7.31. The number of aryl methyl sites for hydroxylation is 1. The first kappa shape index (κ1) is 16.4. The zero-order valence-corrected chi connectivity index (χ0v) is 13.2. The Kier molecular flexibility index (Phi) is 5.44. The Morgan fingerprint density at radius 2 is 1.68 bits per heavy atom. The highest BCUT2D eigenvalue weighted by Gasteiger charge is 2.17. The van der Waals surface area contributed by atoms with Crippen molar-refractivity contribution in [2.24, 2.45) is 5.92 Å². The van der Waals surface area contributed by atoms with Gasteiger partial charge >= 0.3 is 0 Å². The molecule has 1 N–H and O–H groups in total. The number of benzene rings is 1. The van der Waals surface area contributed by atoms with Gasteiger partial charge in [0.15, 0.2) is 0 Å². The SMILES string of the molecule is Cc1cnc(N(CC(C)C)CC(O)c2ccc(F)cc2)nc1. The van der Waals surface area contributed by atoms with E-state index in [1.54, 1.807) is 24.5 Å². The second-order valence-corrected chi connectivity index (χ2v) is 5.93. The third-order valence-electron chi connectivity index (χ3n) is 3.28. The molecule has 0 aliphatic rings. The number of halogens is 1. The largest absolute Gasteiger partial charge is 0.387 e. The fourth-order valence-corrected chi connectivity index (χ4v) is 2.23. The summed E-state index contributed by atoms with van der Waals surface area (Å²) in [5.74, 6) is 0.697. The van der Waals surface area contributed by atoms with Crippen molar-refractivity contribution in [3.63, 3.8) is 0 Å². The summed E-state index contributed by atoms with van der Waals surface area (Å²) in [6, 6.07) is 5.91. The van der Waals surface area contributed by atoms with Gasteiger partial charge in [-0.05, 0) is 36.1 Å². The number of nitrogens with zero attached hydrogens (tertiary/aromatic N) is 3. The van der Waals surface area contributed by atoms with E-state index >= 15 is 0 Å². The number of hydrogen-bond donors (Lipinski definition) is 1. The molecule has 0 saturated carbocycles. The van der Waals surface area contributed by atoms with Crippen molar-refractivity contribution in [3.8, 4) is 0 Å². The van der Waals surface area contributed by atoms with Crippen LogP contribution in [0.4, 0.5) is 10.3 Å². The topological polar surface area (TPSA) is 49.2 Å². The van der Waals surface area contributed by atoms with Crippen LogP contribution in [0.25, 0.3) is 0 Å². The third-order valence-corrected chi connectivity index (χ3v) is 3.28. The monoisotopic (exact) mass is 303 g/mol. The molecular weight excluding hydrogens is 281 g/mol. The molecule has 5 heteroatoms. The normalized spacial score (nSPS) is 12.5. The van der Waals surface area contributed by atoms with E-state index in [2.05, 4.69) is 23.8 Å². The molecule has 0 saturated heterocycles. The molecule has 2 aromatic rings. The average molecular weight is 303 g/mol. The van der Waals surface area contributed by atoms with Crippen molar-refractivity contribution >= 4 is 5.95 Å². The van der Waals surface area contributed by atoms with Crippen LogP contribution in [0.15, 0.2) is 36.7 Å². The van der Waals surface area contributed by atoms with Crippen LogP contribution in [0.3, 0.4) is 0 Å². The Balaban J connectivity index is 2.15. The average Bonchev–Trinajstić information content (AvgIpc) is 2.47. The van der Waals surface area contributed by atoms with Crippen LogP contribution >= 0.6 is 0 Å². The Morgan fingerprint density at radius 1 is 1.09 bits per heavy atom. The van der Waals surface area contributed by atoms with Crippen LogP contribution in [0.2, 0.25) is 0 Å². The van der Waals surface area contributed by atoms with E-state index in [0.29, 0.717) is 24.0 Å². The maximum absolute atomic E-state index is 13.0. The molecule has 0 bridgehead atoms. The van der Waals surface area contributed by atoms with E-state index < -0.39 is 6.10 Å². The molecule has 0 aliphatic carbocycles. The fourth-order valence-electron chi connectivity index (χ4n) is 2.23. The fraction of sp³-hybridized carbons (Fsp3) is 0.412. The van der Waals surface area contributed by atoms with E-state index in [9.17, 15) is 9.50 Å². The van der Waals surface area contributed by atoms with E-state index in [1.165, 1.54) is 12.1 Å². The highest BCUT2D eigenvalue weighted by Crippen LogP contribution is 2.18. The zero-order chi connectivity index (χ0) is 16.1. The Labute approximate surface area is 130 Å². The first-order valence-electron chi connectivity index (χ1n) is 7.43. The van der Waals surface area contributed by atoms with Crippen LogP contribution in [0.5, 0.6) is 0 Å². The van der Waals surface area contributed by atoms with Crippen molar-refractivity contribution < 1.29 is 9.50 Å². The standard InChI is InChI=1S/C17H22FN3O/c1-12(2)10-21(17-19-8-13(3)9-20-17)11-16(22)14-4-6-15(18)7-5-14/h4-9,12,16,22H,10-11H2,1-3H3. The predicted molar refractivity (Wildman–Crippen MR) is 85.2 cm³/mol. The van der Waals surface area contributed by atoms with Gasteiger partial charge in [0.1, 0.15) is 5.82 Å². The number of hydrogen-bond acceptors (Lipinski definition) is 4. The highest BCUT2D eigenvalue weighted by molar-refractivity contribution is 5.31. The van der Waals surface area contributed by atoms with Crippen LogP contribution in [0.1, 0.15) is 31.1 Å². The van der Waals surface area contributed by atoms with Gasteiger partial charge in [-0.1, -0.05) is 26.0 Å². The molecule has 0 fully saturated rings. The molecule has 1 heterocycles. The van der Waals surface area contributed by atoms with E-state index in [1.807, 2.05) is 11.8 Å². The molecule has 118 valence electrons.